The average molecular weight is 292 g/mol. The maximum atomic E-state index is 11.6. The van der Waals surface area contributed by atoms with Crippen molar-refractivity contribution in [3.8, 4) is 0 Å². The molecule has 1 aliphatic heterocycles. The third-order valence-electron chi connectivity index (χ3n) is 3.34. The summed E-state index contributed by atoms with van der Waals surface area (Å²) in [6.07, 6.45) is -0.0720. The van der Waals surface area contributed by atoms with Crippen LogP contribution in [0.4, 0.5) is 0 Å². The normalized spacial score (nSPS) is 17.6. The van der Waals surface area contributed by atoms with Crippen LogP contribution in [0.1, 0.15) is 27.8 Å². The standard InChI is InChI=1S/C14H14ClN3O2/c1-16-14(19)12-6-11-8-20-13(7-18(11)17-12)9-2-4-10(15)5-3-9/h2-6,13H,7-8H2,1H3,(H,16,19)/t13-/m0/s1. The Morgan fingerprint density at radius 3 is 2.90 bits per heavy atom. The summed E-state index contributed by atoms with van der Waals surface area (Å²) in [7, 11) is 1.59. The zero-order chi connectivity index (χ0) is 14.1. The smallest absolute Gasteiger partial charge is 0.271 e. The molecule has 6 heteroatoms. The van der Waals surface area contributed by atoms with E-state index in [0.29, 0.717) is 23.9 Å². The lowest BCUT2D eigenvalue weighted by molar-refractivity contribution is -0.00119. The first-order valence-electron chi connectivity index (χ1n) is 6.33. The lowest BCUT2D eigenvalue weighted by atomic mass is 10.1. The molecule has 0 saturated carbocycles. The molecule has 3 rings (SSSR count). The van der Waals surface area contributed by atoms with Crippen molar-refractivity contribution in [1.29, 1.82) is 0 Å². The number of benzene rings is 1. The molecule has 2 aromatic rings. The molecule has 0 aliphatic carbocycles. The zero-order valence-corrected chi connectivity index (χ0v) is 11.7. The predicted molar refractivity (Wildman–Crippen MR) is 74.6 cm³/mol. The fourth-order valence-corrected chi connectivity index (χ4v) is 2.37. The maximum absolute atomic E-state index is 11.6. The van der Waals surface area contributed by atoms with Crippen LogP contribution in [-0.2, 0) is 17.9 Å². The largest absolute Gasteiger partial charge is 0.365 e. The molecule has 1 atom stereocenters. The van der Waals surface area contributed by atoms with Crippen LogP contribution >= 0.6 is 11.6 Å². The second-order valence-electron chi connectivity index (χ2n) is 4.63. The van der Waals surface area contributed by atoms with Gasteiger partial charge in [-0.3, -0.25) is 9.48 Å². The van der Waals surface area contributed by atoms with E-state index >= 15 is 0 Å². The average Bonchev–Trinajstić information content (AvgIpc) is 2.90. The lowest BCUT2D eigenvalue weighted by Gasteiger charge is -2.24. The Kier molecular flexibility index (Phi) is 3.46. The third-order valence-corrected chi connectivity index (χ3v) is 3.59. The molecule has 20 heavy (non-hydrogen) atoms. The van der Waals surface area contributed by atoms with Gasteiger partial charge >= 0.3 is 0 Å². The van der Waals surface area contributed by atoms with Gasteiger partial charge in [0.25, 0.3) is 5.91 Å². The third kappa shape index (κ3) is 2.42. The highest BCUT2D eigenvalue weighted by atomic mass is 35.5. The van der Waals surface area contributed by atoms with Gasteiger partial charge in [0.2, 0.25) is 0 Å². The molecule has 0 bridgehead atoms. The van der Waals surface area contributed by atoms with Crippen LogP contribution in [0.25, 0.3) is 0 Å². The minimum Gasteiger partial charge on any atom is -0.365 e. The first-order valence-corrected chi connectivity index (χ1v) is 6.71. The number of hydrogen-bond donors (Lipinski definition) is 1. The molecular formula is C14H14ClN3O2. The van der Waals surface area contributed by atoms with Gasteiger partial charge in [-0.1, -0.05) is 23.7 Å². The molecular weight excluding hydrogens is 278 g/mol. The quantitative estimate of drug-likeness (QED) is 0.922. The minimum absolute atomic E-state index is 0.0720. The van der Waals surface area contributed by atoms with Crippen molar-refractivity contribution in [3.05, 3.63) is 52.3 Å². The van der Waals surface area contributed by atoms with E-state index < -0.39 is 0 Å². The Morgan fingerprint density at radius 2 is 2.20 bits per heavy atom. The Bertz CT molecular complexity index is 636. The molecule has 0 spiro atoms. The van der Waals surface area contributed by atoms with Crippen molar-refractivity contribution in [3.63, 3.8) is 0 Å². The maximum Gasteiger partial charge on any atom is 0.271 e. The van der Waals surface area contributed by atoms with Gasteiger partial charge in [0.1, 0.15) is 6.10 Å². The van der Waals surface area contributed by atoms with Crippen molar-refractivity contribution >= 4 is 17.5 Å². The van der Waals surface area contributed by atoms with Gasteiger partial charge in [-0.2, -0.15) is 5.10 Å². The number of amides is 1. The van der Waals surface area contributed by atoms with Gasteiger partial charge in [0.15, 0.2) is 5.69 Å². The summed E-state index contributed by atoms with van der Waals surface area (Å²) in [5.74, 6) is -0.185. The summed E-state index contributed by atoms with van der Waals surface area (Å²) < 4.78 is 7.65. The van der Waals surface area contributed by atoms with Crippen LogP contribution < -0.4 is 5.32 Å². The van der Waals surface area contributed by atoms with E-state index in [-0.39, 0.29) is 12.0 Å². The van der Waals surface area contributed by atoms with E-state index in [1.165, 1.54) is 0 Å². The topological polar surface area (TPSA) is 56.2 Å². The molecule has 0 fully saturated rings. The molecule has 1 aliphatic rings. The van der Waals surface area contributed by atoms with E-state index in [1.54, 1.807) is 13.1 Å². The van der Waals surface area contributed by atoms with Crippen LogP contribution in [0.15, 0.2) is 30.3 Å². The first kappa shape index (κ1) is 13.1. The first-order chi connectivity index (χ1) is 9.67. The van der Waals surface area contributed by atoms with E-state index in [1.807, 2.05) is 28.9 Å². The van der Waals surface area contributed by atoms with E-state index in [4.69, 9.17) is 16.3 Å². The summed E-state index contributed by atoms with van der Waals surface area (Å²) >= 11 is 5.88. The van der Waals surface area contributed by atoms with Gasteiger partial charge in [-0.15, -0.1) is 0 Å². The summed E-state index contributed by atoms with van der Waals surface area (Å²) in [5, 5.41) is 7.58. The van der Waals surface area contributed by atoms with E-state index in [2.05, 4.69) is 10.4 Å². The van der Waals surface area contributed by atoms with Gasteiger partial charge in [0, 0.05) is 12.1 Å². The number of nitrogens with zero attached hydrogens (tertiary/aromatic N) is 2. The lowest BCUT2D eigenvalue weighted by Crippen LogP contribution is -2.22. The minimum atomic E-state index is -0.185. The molecule has 104 valence electrons. The highest BCUT2D eigenvalue weighted by Crippen LogP contribution is 2.27. The number of rotatable bonds is 2. The Labute approximate surface area is 121 Å². The van der Waals surface area contributed by atoms with Gasteiger partial charge < -0.3 is 10.1 Å². The molecule has 1 N–H and O–H groups in total. The molecule has 1 aromatic heterocycles. The Balaban J connectivity index is 1.83. The summed E-state index contributed by atoms with van der Waals surface area (Å²) in [5.41, 5.74) is 2.38. The van der Waals surface area contributed by atoms with Crippen LogP contribution in [-0.4, -0.2) is 22.7 Å². The molecule has 1 aromatic carbocycles. The fraction of sp³-hybridized carbons (Fsp3) is 0.286. The van der Waals surface area contributed by atoms with Crippen molar-refractivity contribution < 1.29 is 9.53 Å². The number of carbonyl (C=O) groups excluding carboxylic acids is 1. The van der Waals surface area contributed by atoms with Gasteiger partial charge in [0.05, 0.1) is 18.8 Å². The molecule has 0 unspecified atom stereocenters. The Morgan fingerprint density at radius 1 is 1.45 bits per heavy atom. The van der Waals surface area contributed by atoms with E-state index in [0.717, 1.165) is 11.3 Å². The number of nitrogens with one attached hydrogen (secondary N) is 1. The molecule has 2 heterocycles. The number of aromatic nitrogens is 2. The summed E-state index contributed by atoms with van der Waals surface area (Å²) in [4.78, 5) is 11.6. The molecule has 5 nitrogen and oxygen atoms in total. The van der Waals surface area contributed by atoms with E-state index in [9.17, 15) is 4.79 Å². The Hall–Kier alpha value is -1.85. The van der Waals surface area contributed by atoms with Gasteiger partial charge in [-0.05, 0) is 23.8 Å². The van der Waals surface area contributed by atoms with Crippen molar-refractivity contribution in [2.24, 2.45) is 0 Å². The SMILES string of the molecule is CNC(=O)c1cc2n(n1)C[C@@H](c1ccc(Cl)cc1)OC2. The summed E-state index contributed by atoms with van der Waals surface area (Å²) in [6.45, 7) is 1.03. The number of carbonyl (C=O) groups is 1. The molecule has 0 radical (unpaired) electrons. The number of fused-ring (bicyclic) bond motifs is 1. The number of hydrogen-bond acceptors (Lipinski definition) is 3. The van der Waals surface area contributed by atoms with Gasteiger partial charge in [-0.25, -0.2) is 0 Å². The van der Waals surface area contributed by atoms with Crippen LogP contribution in [0.5, 0.6) is 0 Å². The number of halogens is 1. The van der Waals surface area contributed by atoms with Crippen LogP contribution in [0.2, 0.25) is 5.02 Å². The highest BCUT2D eigenvalue weighted by Gasteiger charge is 2.23. The van der Waals surface area contributed by atoms with Crippen molar-refractivity contribution in [2.45, 2.75) is 19.3 Å². The summed E-state index contributed by atoms with van der Waals surface area (Å²) in [6, 6.07) is 9.34. The zero-order valence-electron chi connectivity index (χ0n) is 11.0. The fourth-order valence-electron chi connectivity index (χ4n) is 2.24. The molecule has 0 saturated heterocycles. The monoisotopic (exact) mass is 291 g/mol. The molecule has 1 amide bonds. The van der Waals surface area contributed by atoms with Crippen LogP contribution in [0, 0.1) is 0 Å². The highest BCUT2D eigenvalue weighted by molar-refractivity contribution is 6.30. The second kappa shape index (κ2) is 5.26. The number of ether oxygens (including phenoxy) is 1. The van der Waals surface area contributed by atoms with Crippen LogP contribution in [0.3, 0.4) is 0 Å². The van der Waals surface area contributed by atoms with Crippen molar-refractivity contribution in [2.75, 3.05) is 7.05 Å². The van der Waals surface area contributed by atoms with Crippen molar-refractivity contribution in [1.82, 2.24) is 15.1 Å². The second-order valence-corrected chi connectivity index (χ2v) is 5.07. The predicted octanol–water partition coefficient (Wildman–Crippen LogP) is 2.17.